The van der Waals surface area contributed by atoms with Crippen molar-refractivity contribution in [2.45, 2.75) is 38.6 Å². The van der Waals surface area contributed by atoms with E-state index in [1.165, 1.54) is 44.3 Å². The number of hydrogen-bond donors (Lipinski definition) is 1. The highest BCUT2D eigenvalue weighted by molar-refractivity contribution is 5.40. The summed E-state index contributed by atoms with van der Waals surface area (Å²) in [6.45, 7) is 9.03. The summed E-state index contributed by atoms with van der Waals surface area (Å²) in [6, 6.07) is 5.12. The van der Waals surface area contributed by atoms with Crippen LogP contribution in [0.3, 0.4) is 0 Å². The Hall–Kier alpha value is -1.13. The fourth-order valence-corrected chi connectivity index (χ4v) is 3.51. The molecule has 1 aromatic heterocycles. The summed E-state index contributed by atoms with van der Waals surface area (Å²) in [5, 5.41) is 3.39. The van der Waals surface area contributed by atoms with Gasteiger partial charge in [-0.25, -0.2) is 4.98 Å². The first-order valence-electron chi connectivity index (χ1n) is 8.54. The van der Waals surface area contributed by atoms with Crippen molar-refractivity contribution in [1.82, 2.24) is 15.2 Å². The summed E-state index contributed by atoms with van der Waals surface area (Å²) in [5.41, 5.74) is 1.41. The van der Waals surface area contributed by atoms with Crippen LogP contribution in [0.1, 0.15) is 44.2 Å². The molecule has 21 heavy (non-hydrogen) atoms. The van der Waals surface area contributed by atoms with Crippen molar-refractivity contribution in [2.24, 2.45) is 0 Å². The zero-order valence-electron chi connectivity index (χ0n) is 13.2. The third kappa shape index (κ3) is 3.55. The maximum Gasteiger partial charge on any atom is 0.128 e. The van der Waals surface area contributed by atoms with Gasteiger partial charge in [0, 0.05) is 38.4 Å². The molecule has 0 amide bonds. The second-order valence-electron chi connectivity index (χ2n) is 6.23. The Labute approximate surface area is 128 Å². The molecule has 3 heterocycles. The maximum absolute atomic E-state index is 4.73. The number of hydrogen-bond acceptors (Lipinski definition) is 4. The summed E-state index contributed by atoms with van der Waals surface area (Å²) >= 11 is 0. The summed E-state index contributed by atoms with van der Waals surface area (Å²) < 4.78 is 0. The first-order valence-corrected chi connectivity index (χ1v) is 8.54. The van der Waals surface area contributed by atoms with Crippen LogP contribution in [0.5, 0.6) is 0 Å². The topological polar surface area (TPSA) is 31.4 Å². The SMILES string of the molecule is CCCCN1CCCC1c1ccc(N2CCNCC2)nc1. The summed E-state index contributed by atoms with van der Waals surface area (Å²) in [4.78, 5) is 9.76. The van der Waals surface area contributed by atoms with Gasteiger partial charge in [-0.05, 0) is 44.0 Å². The van der Waals surface area contributed by atoms with Gasteiger partial charge in [-0.2, -0.15) is 0 Å². The standard InChI is InChI=1S/C17H28N4/c1-2-3-10-20-11-4-5-16(20)15-6-7-17(19-14-15)21-12-8-18-9-13-21/h6-7,14,16,18H,2-5,8-13H2,1H3. The molecule has 0 bridgehead atoms. The van der Waals surface area contributed by atoms with Crippen molar-refractivity contribution in [3.05, 3.63) is 23.9 Å². The van der Waals surface area contributed by atoms with Gasteiger partial charge in [0.2, 0.25) is 0 Å². The van der Waals surface area contributed by atoms with Crippen molar-refractivity contribution in [1.29, 1.82) is 0 Å². The number of aromatic nitrogens is 1. The molecule has 4 heteroatoms. The van der Waals surface area contributed by atoms with Crippen LogP contribution in [0.2, 0.25) is 0 Å². The lowest BCUT2D eigenvalue weighted by Gasteiger charge is -2.29. The molecule has 2 aliphatic rings. The Kier molecular flexibility index (Phi) is 5.09. The molecule has 0 aromatic carbocycles. The molecule has 1 aromatic rings. The molecule has 0 radical (unpaired) electrons. The van der Waals surface area contributed by atoms with Crippen LogP contribution in [0.4, 0.5) is 5.82 Å². The van der Waals surface area contributed by atoms with Gasteiger partial charge in [0.15, 0.2) is 0 Å². The van der Waals surface area contributed by atoms with E-state index in [1.807, 2.05) is 0 Å². The zero-order chi connectivity index (χ0) is 14.5. The predicted molar refractivity (Wildman–Crippen MR) is 87.8 cm³/mol. The minimum atomic E-state index is 0.598. The van der Waals surface area contributed by atoms with E-state index in [4.69, 9.17) is 4.98 Å². The average Bonchev–Trinajstić information content (AvgIpc) is 3.02. The summed E-state index contributed by atoms with van der Waals surface area (Å²) in [6.07, 6.45) is 7.32. The Morgan fingerprint density at radius 1 is 1.24 bits per heavy atom. The highest BCUT2D eigenvalue weighted by Gasteiger charge is 2.25. The molecular formula is C17H28N4. The summed E-state index contributed by atoms with van der Waals surface area (Å²) in [5.74, 6) is 1.14. The highest BCUT2D eigenvalue weighted by Crippen LogP contribution is 2.32. The van der Waals surface area contributed by atoms with E-state index in [9.17, 15) is 0 Å². The first-order chi connectivity index (χ1) is 10.4. The Bertz CT molecular complexity index is 425. The minimum Gasteiger partial charge on any atom is -0.354 e. The molecule has 2 aliphatic heterocycles. The third-order valence-electron chi connectivity index (χ3n) is 4.76. The van der Waals surface area contributed by atoms with Crippen LogP contribution >= 0.6 is 0 Å². The number of unbranched alkanes of at least 4 members (excludes halogenated alkanes) is 1. The van der Waals surface area contributed by atoms with Crippen LogP contribution in [0, 0.1) is 0 Å². The molecule has 116 valence electrons. The Morgan fingerprint density at radius 2 is 2.10 bits per heavy atom. The van der Waals surface area contributed by atoms with Crippen LogP contribution < -0.4 is 10.2 Å². The molecule has 1 unspecified atom stereocenters. The van der Waals surface area contributed by atoms with Gasteiger partial charge in [0.05, 0.1) is 0 Å². The quantitative estimate of drug-likeness (QED) is 0.902. The molecule has 0 aliphatic carbocycles. The maximum atomic E-state index is 4.73. The van der Waals surface area contributed by atoms with Crippen molar-refractivity contribution in [3.63, 3.8) is 0 Å². The van der Waals surface area contributed by atoms with Gasteiger partial charge < -0.3 is 10.2 Å². The Balaban J connectivity index is 1.65. The lowest BCUT2D eigenvalue weighted by molar-refractivity contribution is 0.253. The lowest BCUT2D eigenvalue weighted by Crippen LogP contribution is -2.43. The fourth-order valence-electron chi connectivity index (χ4n) is 3.51. The Morgan fingerprint density at radius 3 is 2.81 bits per heavy atom. The number of nitrogens with zero attached hydrogens (tertiary/aromatic N) is 3. The van der Waals surface area contributed by atoms with E-state index < -0.39 is 0 Å². The van der Waals surface area contributed by atoms with Gasteiger partial charge in [0.25, 0.3) is 0 Å². The number of anilines is 1. The van der Waals surface area contributed by atoms with E-state index in [-0.39, 0.29) is 0 Å². The van der Waals surface area contributed by atoms with E-state index in [0.717, 1.165) is 32.0 Å². The van der Waals surface area contributed by atoms with Gasteiger partial charge >= 0.3 is 0 Å². The number of pyridine rings is 1. The normalized spacial score (nSPS) is 23.7. The van der Waals surface area contributed by atoms with E-state index >= 15 is 0 Å². The number of piperazine rings is 1. The van der Waals surface area contributed by atoms with Crippen LogP contribution in [-0.4, -0.2) is 49.2 Å². The monoisotopic (exact) mass is 288 g/mol. The molecule has 2 saturated heterocycles. The average molecular weight is 288 g/mol. The van der Waals surface area contributed by atoms with Gasteiger partial charge in [-0.1, -0.05) is 19.4 Å². The highest BCUT2D eigenvalue weighted by atomic mass is 15.2. The smallest absolute Gasteiger partial charge is 0.128 e. The number of likely N-dealkylation sites (tertiary alicyclic amines) is 1. The van der Waals surface area contributed by atoms with Crippen molar-refractivity contribution < 1.29 is 0 Å². The predicted octanol–water partition coefficient (Wildman–Crippen LogP) is 2.43. The van der Waals surface area contributed by atoms with E-state index in [0.29, 0.717) is 6.04 Å². The molecule has 3 rings (SSSR count). The van der Waals surface area contributed by atoms with Gasteiger partial charge in [0.1, 0.15) is 5.82 Å². The summed E-state index contributed by atoms with van der Waals surface area (Å²) in [7, 11) is 0. The van der Waals surface area contributed by atoms with Crippen LogP contribution in [0.15, 0.2) is 18.3 Å². The molecular weight excluding hydrogens is 260 g/mol. The van der Waals surface area contributed by atoms with Gasteiger partial charge in [-0.15, -0.1) is 0 Å². The van der Waals surface area contributed by atoms with Crippen LogP contribution in [-0.2, 0) is 0 Å². The molecule has 0 saturated carbocycles. The fraction of sp³-hybridized carbons (Fsp3) is 0.706. The van der Waals surface area contributed by atoms with Gasteiger partial charge in [-0.3, -0.25) is 4.90 Å². The first kappa shape index (κ1) is 14.8. The molecule has 0 spiro atoms. The zero-order valence-corrected chi connectivity index (χ0v) is 13.2. The minimum absolute atomic E-state index is 0.598. The molecule has 2 fully saturated rings. The van der Waals surface area contributed by atoms with Crippen molar-refractivity contribution in [3.8, 4) is 0 Å². The molecule has 1 atom stereocenters. The molecule has 4 nitrogen and oxygen atoms in total. The largest absolute Gasteiger partial charge is 0.354 e. The van der Waals surface area contributed by atoms with Crippen molar-refractivity contribution in [2.75, 3.05) is 44.2 Å². The second kappa shape index (κ2) is 7.23. The lowest BCUT2D eigenvalue weighted by atomic mass is 10.1. The van der Waals surface area contributed by atoms with E-state index in [2.05, 4.69) is 40.4 Å². The second-order valence-corrected chi connectivity index (χ2v) is 6.23. The van der Waals surface area contributed by atoms with E-state index in [1.54, 1.807) is 0 Å². The molecule has 1 N–H and O–H groups in total. The number of nitrogens with one attached hydrogen (secondary N) is 1. The van der Waals surface area contributed by atoms with Crippen molar-refractivity contribution >= 4 is 5.82 Å². The van der Waals surface area contributed by atoms with Crippen LogP contribution in [0.25, 0.3) is 0 Å². The number of rotatable bonds is 5. The third-order valence-corrected chi connectivity index (χ3v) is 4.76.